The van der Waals surface area contributed by atoms with Gasteiger partial charge in [0.2, 0.25) is 0 Å². The molecule has 2 aromatic carbocycles. The van der Waals surface area contributed by atoms with Gasteiger partial charge < -0.3 is 10.3 Å². The van der Waals surface area contributed by atoms with E-state index in [0.717, 1.165) is 47.9 Å². The number of fused-ring (bicyclic) bond motifs is 1. The third-order valence-corrected chi connectivity index (χ3v) is 6.73. The maximum Gasteiger partial charge on any atom is 0.256 e. The topological polar surface area (TPSA) is 87.7 Å². The van der Waals surface area contributed by atoms with E-state index in [1.54, 1.807) is 12.3 Å². The monoisotopic (exact) mass is 482 g/mol. The summed E-state index contributed by atoms with van der Waals surface area (Å²) in [5, 5.41) is 2.71. The normalized spacial score (nSPS) is 14.0. The Balaban J connectivity index is 1.26. The third kappa shape index (κ3) is 5.25. The van der Waals surface area contributed by atoms with E-state index >= 15 is 0 Å². The minimum absolute atomic E-state index is 0.185. The van der Waals surface area contributed by atoms with Gasteiger partial charge in [-0.3, -0.25) is 9.59 Å². The van der Waals surface area contributed by atoms with Crippen molar-refractivity contribution in [2.75, 3.05) is 5.32 Å². The molecule has 1 fully saturated rings. The summed E-state index contributed by atoms with van der Waals surface area (Å²) in [4.78, 5) is 37.2. The highest BCUT2D eigenvalue weighted by atomic mass is 19.1. The number of Topliss-reactive ketones (excluding diaryl/α,β-unsaturated/α-hetero) is 1. The summed E-state index contributed by atoms with van der Waals surface area (Å²) >= 11 is 0. The summed E-state index contributed by atoms with van der Waals surface area (Å²) in [6.45, 7) is 4.15. The Kier molecular flexibility index (Phi) is 6.71. The van der Waals surface area contributed by atoms with E-state index in [1.165, 1.54) is 30.7 Å². The standard InChI is InChI=1S/C29H27FN4O2/c1-18(15-26(35)20-5-3-2-4-6-20)19-7-9-21(10-8-19)28-32-24-16-27(31-17-25(24)33-28)34-29(36)22-11-13-23(30)14-12-22/h7-14,16-17,20H,1-6,15H2,(H,32,33)(H,31,34,36). The highest BCUT2D eigenvalue weighted by Crippen LogP contribution is 2.29. The molecule has 5 rings (SSSR count). The number of aromatic amines is 1. The zero-order chi connectivity index (χ0) is 25.1. The van der Waals surface area contributed by atoms with Crippen LogP contribution in [0.1, 0.15) is 54.4 Å². The van der Waals surface area contributed by atoms with Gasteiger partial charge in [-0.15, -0.1) is 0 Å². The SMILES string of the molecule is C=C(CC(=O)C1CCCCC1)c1ccc(-c2nc3cc(NC(=O)c4ccc(F)cc4)ncc3[nH]2)cc1. The van der Waals surface area contributed by atoms with Crippen LogP contribution in [0.25, 0.3) is 28.0 Å². The van der Waals surface area contributed by atoms with Crippen LogP contribution in [-0.2, 0) is 4.79 Å². The smallest absolute Gasteiger partial charge is 0.256 e. The summed E-state index contributed by atoms with van der Waals surface area (Å²) in [7, 11) is 0. The first-order valence-corrected chi connectivity index (χ1v) is 12.2. The Bertz CT molecular complexity index is 1420. The van der Waals surface area contributed by atoms with Crippen LogP contribution < -0.4 is 5.32 Å². The Hall–Kier alpha value is -4.13. The molecule has 4 aromatic rings. The molecular formula is C29H27FN4O2. The average Bonchev–Trinajstić information content (AvgIpc) is 3.33. The number of hydrogen-bond acceptors (Lipinski definition) is 4. The van der Waals surface area contributed by atoms with Crippen LogP contribution in [0, 0.1) is 11.7 Å². The molecule has 0 saturated heterocycles. The molecule has 6 nitrogen and oxygen atoms in total. The molecule has 1 aliphatic carbocycles. The van der Waals surface area contributed by atoms with Gasteiger partial charge in [0.15, 0.2) is 0 Å². The fourth-order valence-electron chi connectivity index (χ4n) is 4.65. The number of hydrogen-bond donors (Lipinski definition) is 2. The number of aromatic nitrogens is 3. The number of H-pyrrole nitrogens is 1. The second kappa shape index (κ2) is 10.2. The van der Waals surface area contributed by atoms with E-state index in [0.29, 0.717) is 34.9 Å². The summed E-state index contributed by atoms with van der Waals surface area (Å²) in [5.74, 6) is 0.726. The van der Waals surface area contributed by atoms with Crippen molar-refractivity contribution < 1.29 is 14.0 Å². The van der Waals surface area contributed by atoms with Crippen LogP contribution >= 0.6 is 0 Å². The van der Waals surface area contributed by atoms with Crippen LogP contribution in [0.3, 0.4) is 0 Å². The first-order valence-electron chi connectivity index (χ1n) is 12.2. The van der Waals surface area contributed by atoms with Crippen LogP contribution in [-0.4, -0.2) is 26.6 Å². The Morgan fingerprint density at radius 3 is 2.42 bits per heavy atom. The number of benzene rings is 2. The number of nitrogens with one attached hydrogen (secondary N) is 2. The lowest BCUT2D eigenvalue weighted by Crippen LogP contribution is -2.17. The number of allylic oxidation sites excluding steroid dienone is 1. The number of carbonyl (C=O) groups excluding carboxylic acids is 2. The lowest BCUT2D eigenvalue weighted by Gasteiger charge is -2.20. The molecule has 0 spiro atoms. The first-order chi connectivity index (χ1) is 17.5. The average molecular weight is 483 g/mol. The molecule has 0 bridgehead atoms. The Morgan fingerprint density at radius 1 is 1.00 bits per heavy atom. The zero-order valence-electron chi connectivity index (χ0n) is 19.9. The minimum Gasteiger partial charge on any atom is -0.337 e. The number of amides is 1. The molecule has 36 heavy (non-hydrogen) atoms. The van der Waals surface area contributed by atoms with E-state index in [4.69, 9.17) is 0 Å². The molecule has 1 amide bonds. The number of imidazole rings is 1. The van der Waals surface area contributed by atoms with Crippen LogP contribution in [0.2, 0.25) is 0 Å². The number of carbonyl (C=O) groups is 2. The quantitative estimate of drug-likeness (QED) is 0.312. The first kappa shape index (κ1) is 23.6. The number of nitrogens with zero attached hydrogens (tertiary/aromatic N) is 2. The second-order valence-corrected chi connectivity index (χ2v) is 9.29. The number of pyridine rings is 1. The fourth-order valence-corrected chi connectivity index (χ4v) is 4.65. The van der Waals surface area contributed by atoms with E-state index in [-0.39, 0.29) is 11.8 Å². The van der Waals surface area contributed by atoms with E-state index < -0.39 is 5.82 Å². The summed E-state index contributed by atoms with van der Waals surface area (Å²) in [5.41, 5.74) is 4.40. The largest absolute Gasteiger partial charge is 0.337 e. The number of anilines is 1. The molecule has 2 heterocycles. The molecule has 7 heteroatoms. The lowest BCUT2D eigenvalue weighted by molar-refractivity contribution is -0.122. The van der Waals surface area contributed by atoms with Gasteiger partial charge in [-0.2, -0.15) is 0 Å². The number of ketones is 1. The van der Waals surface area contributed by atoms with Crippen LogP contribution in [0.4, 0.5) is 10.2 Å². The molecule has 1 aliphatic rings. The van der Waals surface area contributed by atoms with Gasteiger partial charge >= 0.3 is 0 Å². The van der Waals surface area contributed by atoms with E-state index in [9.17, 15) is 14.0 Å². The highest BCUT2D eigenvalue weighted by Gasteiger charge is 2.21. The maximum absolute atomic E-state index is 13.1. The van der Waals surface area contributed by atoms with Crippen molar-refractivity contribution in [2.45, 2.75) is 38.5 Å². The maximum atomic E-state index is 13.1. The number of rotatable bonds is 7. The van der Waals surface area contributed by atoms with Crippen molar-refractivity contribution in [3.05, 3.63) is 84.3 Å². The Labute approximate surface area is 208 Å². The minimum atomic E-state index is -0.402. The lowest BCUT2D eigenvalue weighted by atomic mass is 9.83. The predicted octanol–water partition coefficient (Wildman–Crippen LogP) is 6.57. The van der Waals surface area contributed by atoms with Crippen molar-refractivity contribution in [1.29, 1.82) is 0 Å². The molecule has 1 saturated carbocycles. The molecule has 2 N–H and O–H groups in total. The third-order valence-electron chi connectivity index (χ3n) is 6.73. The van der Waals surface area contributed by atoms with Gasteiger partial charge in [-0.1, -0.05) is 50.1 Å². The molecule has 2 aromatic heterocycles. The van der Waals surface area contributed by atoms with Crippen molar-refractivity contribution in [1.82, 2.24) is 15.0 Å². The van der Waals surface area contributed by atoms with Crippen molar-refractivity contribution in [3.63, 3.8) is 0 Å². The zero-order valence-corrected chi connectivity index (χ0v) is 19.9. The molecule has 0 atom stereocenters. The predicted molar refractivity (Wildman–Crippen MR) is 139 cm³/mol. The molecular weight excluding hydrogens is 455 g/mol. The van der Waals surface area contributed by atoms with Gasteiger partial charge in [0.1, 0.15) is 23.2 Å². The van der Waals surface area contributed by atoms with Gasteiger partial charge in [0.05, 0.1) is 17.2 Å². The summed E-state index contributed by atoms with van der Waals surface area (Å²) < 4.78 is 13.1. The molecule has 182 valence electrons. The molecule has 0 unspecified atom stereocenters. The number of halogens is 1. The van der Waals surface area contributed by atoms with Crippen LogP contribution in [0.5, 0.6) is 0 Å². The molecule has 0 aliphatic heterocycles. The molecule has 0 radical (unpaired) electrons. The second-order valence-electron chi connectivity index (χ2n) is 9.29. The van der Waals surface area contributed by atoms with E-state index in [1.807, 2.05) is 24.3 Å². The van der Waals surface area contributed by atoms with E-state index in [2.05, 4.69) is 26.8 Å². The van der Waals surface area contributed by atoms with Crippen molar-refractivity contribution >= 4 is 34.1 Å². The Morgan fingerprint density at radius 2 is 1.69 bits per heavy atom. The van der Waals surface area contributed by atoms with Gasteiger partial charge in [-0.25, -0.2) is 14.4 Å². The van der Waals surface area contributed by atoms with Crippen molar-refractivity contribution in [3.8, 4) is 11.4 Å². The summed E-state index contributed by atoms with van der Waals surface area (Å²) in [6, 6.07) is 14.8. The van der Waals surface area contributed by atoms with Gasteiger partial charge in [0, 0.05) is 29.5 Å². The highest BCUT2D eigenvalue weighted by molar-refractivity contribution is 6.04. The summed E-state index contributed by atoms with van der Waals surface area (Å²) in [6.07, 6.45) is 7.54. The van der Waals surface area contributed by atoms with Gasteiger partial charge in [-0.05, 0) is 48.2 Å². The van der Waals surface area contributed by atoms with Crippen LogP contribution in [0.15, 0.2) is 67.4 Å². The van der Waals surface area contributed by atoms with Crippen molar-refractivity contribution in [2.24, 2.45) is 5.92 Å². The van der Waals surface area contributed by atoms with Gasteiger partial charge in [0.25, 0.3) is 5.91 Å². The fraction of sp³-hybridized carbons (Fsp3) is 0.241.